The zero-order valence-corrected chi connectivity index (χ0v) is 13.2. The number of pyridine rings is 1. The van der Waals surface area contributed by atoms with Gasteiger partial charge in [-0.15, -0.1) is 11.3 Å². The second-order valence-corrected chi connectivity index (χ2v) is 6.16. The topological polar surface area (TPSA) is 34.1 Å². The molecule has 0 aliphatic heterocycles. The Kier molecular flexibility index (Phi) is 4.39. The van der Waals surface area contributed by atoms with Crippen LogP contribution in [0.2, 0.25) is 5.02 Å². The Hall–Kier alpha value is -1.62. The fraction of sp³-hybridized carbons (Fsp3) is 0.188. The van der Waals surface area contributed by atoms with Crippen molar-refractivity contribution in [2.75, 3.05) is 7.11 Å². The summed E-state index contributed by atoms with van der Waals surface area (Å²) >= 11 is 8.16. The van der Waals surface area contributed by atoms with E-state index in [-0.39, 0.29) is 0 Å². The van der Waals surface area contributed by atoms with Gasteiger partial charge in [-0.3, -0.25) is 0 Å². The third kappa shape index (κ3) is 3.18. The van der Waals surface area contributed by atoms with Crippen molar-refractivity contribution in [1.29, 1.82) is 0 Å². The molecule has 0 fully saturated rings. The molecule has 3 rings (SSSR count). The lowest BCUT2D eigenvalue weighted by molar-refractivity contribution is 0.397. The first-order valence-electron chi connectivity index (χ1n) is 6.63. The number of nitrogens with zero attached hydrogens (tertiary/aromatic N) is 1. The summed E-state index contributed by atoms with van der Waals surface area (Å²) in [6, 6.07) is 12.1. The summed E-state index contributed by atoms with van der Waals surface area (Å²) in [5.41, 5.74) is 1.12. The maximum absolute atomic E-state index is 6.42. The molecular weight excluding hydrogens is 304 g/mol. The molecule has 2 aromatic heterocycles. The van der Waals surface area contributed by atoms with E-state index in [9.17, 15) is 0 Å². The van der Waals surface area contributed by atoms with E-state index in [1.165, 1.54) is 9.58 Å². The number of hydrogen-bond donors (Lipinski definition) is 1. The van der Waals surface area contributed by atoms with Gasteiger partial charge in [0, 0.05) is 40.3 Å². The molecule has 0 amide bonds. The van der Waals surface area contributed by atoms with Crippen LogP contribution in [0.25, 0.3) is 10.1 Å². The van der Waals surface area contributed by atoms with Gasteiger partial charge < -0.3 is 10.1 Å². The first kappa shape index (κ1) is 14.3. The standard InChI is InChI=1S/C16H15ClN2OS/c1-20-15-7-6-11(9-19-15)8-18-10-14-16(17)12-4-2-3-5-13(12)21-14/h2-7,9,18H,8,10H2,1H3. The Morgan fingerprint density at radius 1 is 1.19 bits per heavy atom. The average molecular weight is 319 g/mol. The summed E-state index contributed by atoms with van der Waals surface area (Å²) < 4.78 is 6.27. The van der Waals surface area contributed by atoms with Gasteiger partial charge in [-0.2, -0.15) is 0 Å². The molecule has 3 nitrogen and oxygen atoms in total. The Morgan fingerprint density at radius 3 is 2.76 bits per heavy atom. The van der Waals surface area contributed by atoms with Crippen molar-refractivity contribution in [3.63, 3.8) is 0 Å². The van der Waals surface area contributed by atoms with Crippen LogP contribution in [0.3, 0.4) is 0 Å². The van der Waals surface area contributed by atoms with E-state index in [0.717, 1.165) is 29.1 Å². The second kappa shape index (κ2) is 6.43. The number of rotatable bonds is 5. The molecule has 0 bridgehead atoms. The van der Waals surface area contributed by atoms with Crippen LogP contribution in [0.4, 0.5) is 0 Å². The van der Waals surface area contributed by atoms with Gasteiger partial charge in [-0.05, 0) is 11.6 Å². The number of methoxy groups -OCH3 is 1. The number of benzene rings is 1. The number of aromatic nitrogens is 1. The molecule has 0 aliphatic rings. The van der Waals surface area contributed by atoms with Crippen molar-refractivity contribution in [2.45, 2.75) is 13.1 Å². The number of halogens is 1. The highest BCUT2D eigenvalue weighted by Gasteiger charge is 2.09. The summed E-state index contributed by atoms with van der Waals surface area (Å²) in [6.07, 6.45) is 1.82. The normalized spacial score (nSPS) is 11.0. The van der Waals surface area contributed by atoms with Crippen molar-refractivity contribution in [3.8, 4) is 5.88 Å². The summed E-state index contributed by atoms with van der Waals surface area (Å²) in [5.74, 6) is 0.631. The lowest BCUT2D eigenvalue weighted by atomic mass is 10.2. The quantitative estimate of drug-likeness (QED) is 0.763. The van der Waals surface area contributed by atoms with Gasteiger partial charge in [-0.1, -0.05) is 35.9 Å². The number of ether oxygens (including phenoxy) is 1. The molecule has 0 atom stereocenters. The summed E-state index contributed by atoms with van der Waals surface area (Å²) in [7, 11) is 1.61. The minimum Gasteiger partial charge on any atom is -0.481 e. The van der Waals surface area contributed by atoms with E-state index in [0.29, 0.717) is 5.88 Å². The van der Waals surface area contributed by atoms with Crippen molar-refractivity contribution >= 4 is 33.0 Å². The molecule has 0 radical (unpaired) electrons. The van der Waals surface area contributed by atoms with Crippen LogP contribution in [-0.2, 0) is 13.1 Å². The molecule has 0 saturated heterocycles. The van der Waals surface area contributed by atoms with Crippen molar-refractivity contribution < 1.29 is 4.74 Å². The SMILES string of the molecule is COc1ccc(CNCc2sc3ccccc3c2Cl)cn1. The van der Waals surface area contributed by atoms with E-state index >= 15 is 0 Å². The average Bonchev–Trinajstić information content (AvgIpc) is 2.85. The van der Waals surface area contributed by atoms with Crippen molar-refractivity contribution in [2.24, 2.45) is 0 Å². The molecule has 0 aliphatic carbocycles. The lowest BCUT2D eigenvalue weighted by Gasteiger charge is -2.04. The predicted molar refractivity (Wildman–Crippen MR) is 88.2 cm³/mol. The van der Waals surface area contributed by atoms with Crippen LogP contribution in [0.15, 0.2) is 42.6 Å². The third-order valence-corrected chi connectivity index (χ3v) is 4.94. The zero-order valence-electron chi connectivity index (χ0n) is 11.6. The highest BCUT2D eigenvalue weighted by molar-refractivity contribution is 7.19. The predicted octanol–water partition coefficient (Wildman–Crippen LogP) is 4.25. The maximum atomic E-state index is 6.42. The van der Waals surface area contributed by atoms with Crippen molar-refractivity contribution in [3.05, 3.63) is 58.1 Å². The number of hydrogen-bond acceptors (Lipinski definition) is 4. The molecule has 1 aromatic carbocycles. The number of thiophene rings is 1. The zero-order chi connectivity index (χ0) is 14.7. The maximum Gasteiger partial charge on any atom is 0.212 e. The van der Waals surface area contributed by atoms with Gasteiger partial charge >= 0.3 is 0 Å². The Bertz CT molecular complexity index is 740. The molecule has 0 saturated carbocycles. The summed E-state index contributed by atoms with van der Waals surface area (Å²) in [4.78, 5) is 5.36. The van der Waals surface area contributed by atoms with E-state index in [4.69, 9.17) is 16.3 Å². The fourth-order valence-electron chi connectivity index (χ4n) is 2.14. The van der Waals surface area contributed by atoms with Gasteiger partial charge in [0.1, 0.15) is 0 Å². The van der Waals surface area contributed by atoms with Crippen LogP contribution in [0, 0.1) is 0 Å². The highest BCUT2D eigenvalue weighted by Crippen LogP contribution is 2.34. The first-order valence-corrected chi connectivity index (χ1v) is 7.83. The summed E-state index contributed by atoms with van der Waals surface area (Å²) in [6.45, 7) is 1.51. The minimum atomic E-state index is 0.631. The molecular formula is C16H15ClN2OS. The van der Waals surface area contributed by atoms with E-state index in [2.05, 4.69) is 22.4 Å². The molecule has 1 N–H and O–H groups in total. The van der Waals surface area contributed by atoms with E-state index in [1.54, 1.807) is 18.4 Å². The molecule has 2 heterocycles. The van der Waals surface area contributed by atoms with Crippen LogP contribution in [-0.4, -0.2) is 12.1 Å². The Balaban J connectivity index is 1.64. The molecule has 3 aromatic rings. The number of nitrogens with one attached hydrogen (secondary N) is 1. The second-order valence-electron chi connectivity index (χ2n) is 4.65. The van der Waals surface area contributed by atoms with Crippen LogP contribution in [0.5, 0.6) is 5.88 Å². The third-order valence-electron chi connectivity index (χ3n) is 3.22. The lowest BCUT2D eigenvalue weighted by Crippen LogP contribution is -2.12. The van der Waals surface area contributed by atoms with E-state index in [1.807, 2.05) is 30.5 Å². The summed E-state index contributed by atoms with van der Waals surface area (Å²) in [5, 5.41) is 5.39. The smallest absolute Gasteiger partial charge is 0.212 e. The Morgan fingerprint density at radius 2 is 2.05 bits per heavy atom. The highest BCUT2D eigenvalue weighted by atomic mass is 35.5. The molecule has 0 spiro atoms. The monoisotopic (exact) mass is 318 g/mol. The van der Waals surface area contributed by atoms with E-state index < -0.39 is 0 Å². The van der Waals surface area contributed by atoms with Gasteiger partial charge in [0.05, 0.1) is 12.1 Å². The minimum absolute atomic E-state index is 0.631. The van der Waals surface area contributed by atoms with Crippen molar-refractivity contribution in [1.82, 2.24) is 10.3 Å². The van der Waals surface area contributed by atoms with Gasteiger partial charge in [0.25, 0.3) is 0 Å². The van der Waals surface area contributed by atoms with Gasteiger partial charge in [0.15, 0.2) is 0 Å². The fourth-order valence-corrected chi connectivity index (χ4v) is 3.60. The molecule has 5 heteroatoms. The van der Waals surface area contributed by atoms with Crippen LogP contribution < -0.4 is 10.1 Å². The largest absolute Gasteiger partial charge is 0.481 e. The molecule has 21 heavy (non-hydrogen) atoms. The van der Waals surface area contributed by atoms with Gasteiger partial charge in [-0.25, -0.2) is 4.98 Å². The van der Waals surface area contributed by atoms with Crippen LogP contribution >= 0.6 is 22.9 Å². The van der Waals surface area contributed by atoms with Gasteiger partial charge in [0.2, 0.25) is 5.88 Å². The van der Waals surface area contributed by atoms with Crippen LogP contribution in [0.1, 0.15) is 10.4 Å². The molecule has 108 valence electrons. The first-order chi connectivity index (χ1) is 10.3. The Labute approximate surface area is 132 Å². The number of fused-ring (bicyclic) bond motifs is 1. The molecule has 0 unspecified atom stereocenters.